The van der Waals surface area contributed by atoms with E-state index in [-0.39, 0.29) is 11.6 Å². The lowest BCUT2D eigenvalue weighted by atomic mass is 10.0. The highest BCUT2D eigenvalue weighted by Crippen LogP contribution is 2.23. The molecule has 3 aromatic rings. The Hall–Kier alpha value is -3.54. The maximum absolute atomic E-state index is 13.3. The van der Waals surface area contributed by atoms with Crippen molar-refractivity contribution >= 4 is 23.2 Å². The molecule has 0 saturated heterocycles. The van der Waals surface area contributed by atoms with Crippen molar-refractivity contribution in [3.05, 3.63) is 89.0 Å². The lowest BCUT2D eigenvalue weighted by molar-refractivity contribution is 0.102. The summed E-state index contributed by atoms with van der Waals surface area (Å²) >= 11 is 0. The molecule has 2 aromatic carbocycles. The molecule has 5 nitrogen and oxygen atoms in total. The molecule has 1 heterocycles. The molecule has 2 amide bonds. The summed E-state index contributed by atoms with van der Waals surface area (Å²) in [6, 6.07) is 14.5. The zero-order chi connectivity index (χ0) is 20.8. The minimum atomic E-state index is -0.520. The summed E-state index contributed by atoms with van der Waals surface area (Å²) in [5, 5.41) is 5.55. The van der Waals surface area contributed by atoms with Crippen LogP contribution in [0.3, 0.4) is 0 Å². The quantitative estimate of drug-likeness (QED) is 0.631. The van der Waals surface area contributed by atoms with Crippen LogP contribution in [0.15, 0.2) is 60.8 Å². The summed E-state index contributed by atoms with van der Waals surface area (Å²) in [5.74, 6) is -1.29. The summed E-state index contributed by atoms with van der Waals surface area (Å²) in [7, 11) is 0. The van der Waals surface area contributed by atoms with Gasteiger partial charge in [0.05, 0.1) is 0 Å². The summed E-state index contributed by atoms with van der Waals surface area (Å²) in [6.07, 6.45) is 2.99. The molecular weight excluding hydrogens is 369 g/mol. The van der Waals surface area contributed by atoms with Gasteiger partial charge in [-0.2, -0.15) is 0 Å². The minimum Gasteiger partial charge on any atom is -0.321 e. The molecule has 0 aliphatic rings. The Labute approximate surface area is 169 Å². The van der Waals surface area contributed by atoms with Crippen molar-refractivity contribution in [2.45, 2.75) is 26.7 Å². The van der Waals surface area contributed by atoms with E-state index < -0.39 is 11.7 Å². The van der Waals surface area contributed by atoms with Gasteiger partial charge in [-0.05, 0) is 54.3 Å². The number of hydrogen-bond acceptors (Lipinski definition) is 3. The number of carbonyl (C=O) groups excluding carboxylic acids is 2. The van der Waals surface area contributed by atoms with Gasteiger partial charge in [0.2, 0.25) is 0 Å². The van der Waals surface area contributed by atoms with Gasteiger partial charge in [-0.15, -0.1) is 0 Å². The van der Waals surface area contributed by atoms with Gasteiger partial charge in [0.25, 0.3) is 11.8 Å². The van der Waals surface area contributed by atoms with E-state index in [4.69, 9.17) is 0 Å². The number of para-hydroxylation sites is 1. The van der Waals surface area contributed by atoms with Gasteiger partial charge >= 0.3 is 0 Å². The molecule has 0 atom stereocenters. The Kier molecular flexibility index (Phi) is 6.34. The fourth-order valence-electron chi connectivity index (χ4n) is 3.05. The normalized spacial score (nSPS) is 10.4. The number of carbonyl (C=O) groups is 2. The van der Waals surface area contributed by atoms with Crippen LogP contribution in [0.1, 0.15) is 45.8 Å². The van der Waals surface area contributed by atoms with Crippen molar-refractivity contribution in [3.63, 3.8) is 0 Å². The van der Waals surface area contributed by atoms with E-state index in [0.717, 1.165) is 29.7 Å². The molecule has 3 rings (SSSR count). The van der Waals surface area contributed by atoms with Crippen molar-refractivity contribution < 1.29 is 14.0 Å². The van der Waals surface area contributed by atoms with Crippen molar-refractivity contribution in [3.8, 4) is 0 Å². The lowest BCUT2D eigenvalue weighted by Crippen LogP contribution is -2.18. The van der Waals surface area contributed by atoms with Crippen LogP contribution in [0.25, 0.3) is 0 Å². The van der Waals surface area contributed by atoms with Crippen molar-refractivity contribution in [1.29, 1.82) is 0 Å². The highest BCUT2D eigenvalue weighted by Gasteiger charge is 2.15. The zero-order valence-electron chi connectivity index (χ0n) is 16.3. The average molecular weight is 391 g/mol. The number of halogens is 1. The number of aryl methyl sites for hydroxylation is 2. The number of hydrogen-bond donors (Lipinski definition) is 2. The Bertz CT molecular complexity index is 1030. The molecular formula is C23H22FN3O2. The summed E-state index contributed by atoms with van der Waals surface area (Å²) in [4.78, 5) is 29.3. The molecule has 0 saturated carbocycles. The van der Waals surface area contributed by atoms with Crippen molar-refractivity contribution in [2.75, 3.05) is 10.6 Å². The smallest absolute Gasteiger partial charge is 0.274 e. The number of nitrogens with zero attached hydrogens (tertiary/aromatic N) is 1. The molecule has 148 valence electrons. The molecule has 0 fully saturated rings. The van der Waals surface area contributed by atoms with Crippen LogP contribution in [-0.2, 0) is 12.8 Å². The molecule has 0 aliphatic carbocycles. The highest BCUT2D eigenvalue weighted by molar-refractivity contribution is 6.08. The van der Waals surface area contributed by atoms with E-state index in [1.54, 1.807) is 12.1 Å². The largest absolute Gasteiger partial charge is 0.321 e. The van der Waals surface area contributed by atoms with Crippen LogP contribution in [0.4, 0.5) is 15.8 Å². The Morgan fingerprint density at radius 1 is 0.897 bits per heavy atom. The number of pyridine rings is 1. The first-order chi connectivity index (χ1) is 14.0. The minimum absolute atomic E-state index is 0.0707. The van der Waals surface area contributed by atoms with Crippen LogP contribution < -0.4 is 10.6 Å². The Morgan fingerprint density at radius 3 is 2.24 bits per heavy atom. The number of anilines is 2. The van der Waals surface area contributed by atoms with Gasteiger partial charge in [0.15, 0.2) is 0 Å². The van der Waals surface area contributed by atoms with Gasteiger partial charge in [-0.1, -0.05) is 38.1 Å². The molecule has 0 bridgehead atoms. The number of amides is 2. The summed E-state index contributed by atoms with van der Waals surface area (Å²) < 4.78 is 13.3. The first-order valence-corrected chi connectivity index (χ1v) is 9.47. The highest BCUT2D eigenvalue weighted by atomic mass is 19.1. The SMILES string of the molecule is CCc1cccc(CC)c1NC(=O)c1ccnc(C(=O)Nc2cccc(F)c2)c1. The molecule has 0 spiro atoms. The average Bonchev–Trinajstić information content (AvgIpc) is 2.74. The molecule has 1 aromatic heterocycles. The van der Waals surface area contributed by atoms with Gasteiger partial charge < -0.3 is 10.6 Å². The topological polar surface area (TPSA) is 71.1 Å². The fraction of sp³-hybridized carbons (Fsp3) is 0.174. The van der Waals surface area contributed by atoms with Crippen LogP contribution in [0, 0.1) is 5.82 Å². The van der Waals surface area contributed by atoms with Gasteiger partial charge in [0.1, 0.15) is 11.5 Å². The van der Waals surface area contributed by atoms with Gasteiger partial charge in [0, 0.05) is 23.1 Å². The van der Waals surface area contributed by atoms with Crippen LogP contribution in [0.5, 0.6) is 0 Å². The second kappa shape index (κ2) is 9.10. The Balaban J connectivity index is 1.81. The molecule has 6 heteroatoms. The number of rotatable bonds is 6. The third-order valence-corrected chi connectivity index (χ3v) is 4.57. The lowest BCUT2D eigenvalue weighted by Gasteiger charge is -2.14. The number of benzene rings is 2. The van der Waals surface area contributed by atoms with Gasteiger partial charge in [-0.3, -0.25) is 14.6 Å². The van der Waals surface area contributed by atoms with E-state index in [1.165, 1.54) is 30.5 Å². The van der Waals surface area contributed by atoms with Crippen molar-refractivity contribution in [2.24, 2.45) is 0 Å². The summed E-state index contributed by atoms with van der Waals surface area (Å²) in [5.41, 5.74) is 3.62. The van der Waals surface area contributed by atoms with Crippen LogP contribution >= 0.6 is 0 Å². The Morgan fingerprint density at radius 2 is 1.59 bits per heavy atom. The second-order valence-electron chi connectivity index (χ2n) is 6.51. The second-order valence-corrected chi connectivity index (χ2v) is 6.51. The zero-order valence-corrected chi connectivity index (χ0v) is 16.3. The van der Waals surface area contributed by atoms with Crippen LogP contribution in [0.2, 0.25) is 0 Å². The predicted octanol–water partition coefficient (Wildman–Crippen LogP) is 4.85. The van der Waals surface area contributed by atoms with E-state index in [2.05, 4.69) is 15.6 Å². The van der Waals surface area contributed by atoms with Crippen molar-refractivity contribution in [1.82, 2.24) is 4.98 Å². The third-order valence-electron chi connectivity index (χ3n) is 4.57. The van der Waals surface area contributed by atoms with E-state index in [1.807, 2.05) is 32.0 Å². The van der Waals surface area contributed by atoms with E-state index in [9.17, 15) is 14.0 Å². The molecule has 2 N–H and O–H groups in total. The maximum atomic E-state index is 13.3. The first-order valence-electron chi connectivity index (χ1n) is 9.47. The monoisotopic (exact) mass is 391 g/mol. The van der Waals surface area contributed by atoms with E-state index >= 15 is 0 Å². The molecule has 29 heavy (non-hydrogen) atoms. The summed E-state index contributed by atoms with van der Waals surface area (Å²) in [6.45, 7) is 4.07. The van der Waals surface area contributed by atoms with Crippen LogP contribution in [-0.4, -0.2) is 16.8 Å². The number of nitrogens with one attached hydrogen (secondary N) is 2. The van der Waals surface area contributed by atoms with E-state index in [0.29, 0.717) is 11.3 Å². The maximum Gasteiger partial charge on any atom is 0.274 e. The number of aromatic nitrogens is 1. The molecule has 0 radical (unpaired) electrons. The predicted molar refractivity (Wildman–Crippen MR) is 112 cm³/mol. The third kappa shape index (κ3) is 4.85. The molecule has 0 aliphatic heterocycles. The molecule has 0 unspecified atom stereocenters. The fourth-order valence-corrected chi connectivity index (χ4v) is 3.05. The van der Waals surface area contributed by atoms with Gasteiger partial charge in [-0.25, -0.2) is 4.39 Å². The first kappa shape index (κ1) is 20.2. The standard InChI is InChI=1S/C23H22FN3O2/c1-3-15-7-5-8-16(4-2)21(15)27-22(28)17-11-12-25-20(13-17)23(29)26-19-10-6-9-18(24)14-19/h5-14H,3-4H2,1-2H3,(H,26,29)(H,27,28).